The molecule has 5 nitrogen and oxygen atoms in total. The van der Waals surface area contributed by atoms with Crippen LogP contribution in [0.1, 0.15) is 20.8 Å². The summed E-state index contributed by atoms with van der Waals surface area (Å²) < 4.78 is 75.5. The van der Waals surface area contributed by atoms with Crippen LogP contribution in [-0.2, 0) is 23.6 Å². The molecule has 1 atom stereocenters. The molecule has 1 unspecified atom stereocenters. The maximum Gasteiger partial charge on any atom is 0.523 e. The second kappa shape index (κ2) is 4.95. The fourth-order valence-electron chi connectivity index (χ4n) is 0.524. The van der Waals surface area contributed by atoms with Crippen molar-refractivity contribution >= 4 is 18.6 Å². The van der Waals surface area contributed by atoms with Gasteiger partial charge in [-0.3, -0.25) is 4.57 Å². The van der Waals surface area contributed by atoms with Gasteiger partial charge in [0.2, 0.25) is 8.46 Å². The topological polar surface area (TPSA) is 69.7 Å². The highest BCUT2D eigenvalue weighted by Gasteiger charge is 2.49. The molecule has 0 aliphatic carbocycles. The number of halogens is 3. The van der Waals surface area contributed by atoms with E-state index in [1.165, 1.54) is 20.8 Å². The largest absolute Gasteiger partial charge is 0.523 e. The molecular weight excluding hydrogens is 272 g/mol. The molecule has 0 saturated carbocycles. The molecule has 0 spiro atoms. The molecule has 0 aromatic rings. The minimum absolute atomic E-state index is 0.997. The Labute approximate surface area is 92.2 Å². The van der Waals surface area contributed by atoms with Gasteiger partial charge in [-0.05, 0) is 20.8 Å². The van der Waals surface area contributed by atoms with Crippen LogP contribution in [0.25, 0.3) is 0 Å². The molecule has 0 saturated heterocycles. The Hall–Kier alpha value is -0.240. The summed E-state index contributed by atoms with van der Waals surface area (Å²) in [6.45, 7) is 4.32. The molecule has 0 radical (unpaired) electrons. The van der Waals surface area contributed by atoms with Gasteiger partial charge in [-0.25, -0.2) is 4.18 Å². The van der Waals surface area contributed by atoms with E-state index in [9.17, 15) is 26.2 Å². The zero-order valence-corrected chi connectivity index (χ0v) is 10.3. The predicted molar refractivity (Wildman–Crippen MR) is 48.3 cm³/mol. The third-order valence-corrected chi connectivity index (χ3v) is 2.55. The van der Waals surface area contributed by atoms with E-state index >= 15 is 0 Å². The summed E-state index contributed by atoms with van der Waals surface area (Å²) in [6, 6.07) is -2.02. The zero-order chi connectivity index (χ0) is 13.2. The van der Waals surface area contributed by atoms with E-state index in [1.807, 2.05) is 0 Å². The van der Waals surface area contributed by atoms with Gasteiger partial charge in [0.25, 0.3) is 6.03 Å². The molecule has 0 amide bonds. The van der Waals surface area contributed by atoms with Crippen LogP contribution in [0.5, 0.6) is 0 Å². The summed E-state index contributed by atoms with van der Waals surface area (Å²) in [7, 11) is -6.83. The summed E-state index contributed by atoms with van der Waals surface area (Å²) in [5.41, 5.74) is -6.57. The van der Waals surface area contributed by atoms with Crippen molar-refractivity contribution in [3.05, 3.63) is 0 Å². The molecule has 16 heavy (non-hydrogen) atoms. The first-order chi connectivity index (χ1) is 6.89. The maximum absolute atomic E-state index is 11.9. The first kappa shape index (κ1) is 15.8. The quantitative estimate of drug-likeness (QED) is 0.342. The fourth-order valence-corrected chi connectivity index (χ4v) is 1.73. The molecule has 0 bridgehead atoms. The van der Waals surface area contributed by atoms with Crippen LogP contribution in [-0.4, -0.2) is 25.6 Å². The van der Waals surface area contributed by atoms with Crippen molar-refractivity contribution in [1.29, 1.82) is 0 Å². The molecule has 0 aliphatic rings. The van der Waals surface area contributed by atoms with Gasteiger partial charge in [-0.15, -0.1) is 0 Å². The zero-order valence-electron chi connectivity index (χ0n) is 8.61. The summed E-state index contributed by atoms with van der Waals surface area (Å²) in [4.78, 5) is 0. The minimum atomic E-state index is -5.81. The molecule has 0 N–H and O–H groups in total. The maximum atomic E-state index is 11.9. The lowest BCUT2D eigenvalue weighted by Crippen LogP contribution is -2.33. The molecule has 0 fully saturated rings. The van der Waals surface area contributed by atoms with E-state index in [1.54, 1.807) is 0 Å². The van der Waals surface area contributed by atoms with Gasteiger partial charge in [0.1, 0.15) is 0 Å². The van der Waals surface area contributed by atoms with Gasteiger partial charge in [0.05, 0.1) is 5.60 Å². The van der Waals surface area contributed by atoms with Crippen LogP contribution >= 0.6 is 8.46 Å². The molecule has 96 valence electrons. The first-order valence-electron chi connectivity index (χ1n) is 3.89. The molecular formula is C6H10F3O5PS. The fraction of sp³-hybridized carbons (Fsp3) is 1.00. The predicted octanol–water partition coefficient (Wildman–Crippen LogP) is 2.24. The smallest absolute Gasteiger partial charge is 0.336 e. The Morgan fingerprint density at radius 3 is 1.88 bits per heavy atom. The second-order valence-corrected chi connectivity index (χ2v) is 5.83. The van der Waals surface area contributed by atoms with Gasteiger partial charge in [0, 0.05) is 0 Å². The van der Waals surface area contributed by atoms with Crippen molar-refractivity contribution in [2.24, 2.45) is 0 Å². The third kappa shape index (κ3) is 5.20. The molecule has 0 rings (SSSR count). The van der Waals surface area contributed by atoms with E-state index < -0.39 is 35.7 Å². The Morgan fingerprint density at radius 2 is 1.62 bits per heavy atom. The van der Waals surface area contributed by atoms with Gasteiger partial charge in [-0.2, -0.15) is 21.6 Å². The average Bonchev–Trinajstić information content (AvgIpc) is 1.97. The SMILES string of the molecule is CC(C)(C)OC(OS(=O)(=O)C(F)(F)F)P=O. The lowest BCUT2D eigenvalue weighted by molar-refractivity contribution is -0.115. The van der Waals surface area contributed by atoms with E-state index in [0.717, 1.165) is 0 Å². The number of hydrogen-bond donors (Lipinski definition) is 0. The lowest BCUT2D eigenvalue weighted by Gasteiger charge is -2.23. The minimum Gasteiger partial charge on any atom is -0.336 e. The number of hydrogen-bond acceptors (Lipinski definition) is 5. The van der Waals surface area contributed by atoms with Crippen molar-refractivity contribution in [3.63, 3.8) is 0 Å². The number of rotatable bonds is 4. The summed E-state index contributed by atoms with van der Waals surface area (Å²) in [5, 5.41) is 0. The highest BCUT2D eigenvalue weighted by atomic mass is 32.2. The van der Waals surface area contributed by atoms with Crippen molar-refractivity contribution in [2.75, 3.05) is 0 Å². The van der Waals surface area contributed by atoms with Crippen molar-refractivity contribution in [2.45, 2.75) is 37.9 Å². The van der Waals surface area contributed by atoms with E-state index in [-0.39, 0.29) is 0 Å². The number of alkyl halides is 3. The molecule has 0 aromatic carbocycles. The Kier molecular flexibility index (Phi) is 4.88. The average molecular weight is 282 g/mol. The normalized spacial score (nSPS) is 16.4. The van der Waals surface area contributed by atoms with Crippen LogP contribution in [0, 0.1) is 0 Å². The van der Waals surface area contributed by atoms with E-state index in [0.29, 0.717) is 0 Å². The molecule has 0 aliphatic heterocycles. The van der Waals surface area contributed by atoms with Crippen LogP contribution in [0.3, 0.4) is 0 Å². The monoisotopic (exact) mass is 282 g/mol. The van der Waals surface area contributed by atoms with Crippen LogP contribution in [0.4, 0.5) is 13.2 Å². The van der Waals surface area contributed by atoms with Crippen molar-refractivity contribution < 1.29 is 35.1 Å². The molecule has 0 heterocycles. The Balaban J connectivity index is 4.76. The van der Waals surface area contributed by atoms with E-state index in [2.05, 4.69) is 4.18 Å². The lowest BCUT2D eigenvalue weighted by atomic mass is 10.2. The summed E-state index contributed by atoms with van der Waals surface area (Å²) >= 11 is 0. The first-order valence-corrected chi connectivity index (χ1v) is 6.18. The van der Waals surface area contributed by atoms with E-state index in [4.69, 9.17) is 4.74 Å². The van der Waals surface area contributed by atoms with Crippen LogP contribution in [0.15, 0.2) is 0 Å². The van der Waals surface area contributed by atoms with Gasteiger partial charge in [0.15, 0.2) is 0 Å². The van der Waals surface area contributed by atoms with Crippen molar-refractivity contribution in [1.82, 2.24) is 0 Å². The number of ether oxygens (including phenoxy) is 1. The molecule has 10 heteroatoms. The standard InChI is InChI=1S/C6H10F3O5PS/c1-5(2,3)13-4(15-10)14-16(11,12)6(7,8)9/h4H,1-3H3. The van der Waals surface area contributed by atoms with Gasteiger partial charge in [-0.1, -0.05) is 0 Å². The second-order valence-electron chi connectivity index (χ2n) is 3.64. The summed E-state index contributed by atoms with van der Waals surface area (Å²) in [5.74, 6) is 0. The van der Waals surface area contributed by atoms with Gasteiger partial charge >= 0.3 is 15.6 Å². The van der Waals surface area contributed by atoms with Gasteiger partial charge < -0.3 is 4.74 Å². The highest BCUT2D eigenvalue weighted by molar-refractivity contribution is 7.87. The third-order valence-electron chi connectivity index (χ3n) is 1.03. The Bertz CT molecular complexity index is 344. The van der Waals surface area contributed by atoms with Crippen LogP contribution in [0.2, 0.25) is 0 Å². The van der Waals surface area contributed by atoms with Crippen LogP contribution < -0.4 is 0 Å². The van der Waals surface area contributed by atoms with Crippen molar-refractivity contribution in [3.8, 4) is 0 Å². The summed E-state index contributed by atoms with van der Waals surface area (Å²) in [6.07, 6.45) is 0. The Morgan fingerprint density at radius 1 is 1.19 bits per heavy atom. The highest BCUT2D eigenvalue weighted by Crippen LogP contribution is 2.29. The molecule has 0 aromatic heterocycles.